The van der Waals surface area contributed by atoms with Crippen molar-refractivity contribution in [2.75, 3.05) is 10.2 Å². The first kappa shape index (κ1) is 25.5. The molecule has 3 heterocycles. The summed E-state index contributed by atoms with van der Waals surface area (Å²) in [6.45, 7) is 0. The number of carbonyl (C=O) groups excluding carboxylic acids is 3. The zero-order chi connectivity index (χ0) is 27.6. The molecule has 3 aliphatic heterocycles. The number of hydrogen-bond donors (Lipinski definition) is 1. The zero-order valence-electron chi connectivity index (χ0n) is 19.8. The highest BCUT2D eigenvalue weighted by Crippen LogP contribution is 2.54. The average Bonchev–Trinajstić information content (AvgIpc) is 3.37. The number of alkyl halides is 3. The van der Waals surface area contributed by atoms with E-state index >= 15 is 0 Å². The predicted molar refractivity (Wildman–Crippen MR) is 140 cm³/mol. The molecule has 0 aliphatic carbocycles. The number of rotatable bonds is 3. The molecule has 0 spiro atoms. The lowest BCUT2D eigenvalue weighted by molar-refractivity contribution is -0.137. The topological polar surface area (TPSA) is 69.7 Å². The number of halogens is 5. The van der Waals surface area contributed by atoms with E-state index < -0.39 is 53.4 Å². The highest BCUT2D eigenvalue weighted by atomic mass is 35.5. The maximum atomic E-state index is 13.9. The molecule has 0 saturated carbocycles. The van der Waals surface area contributed by atoms with Gasteiger partial charge in [0.05, 0.1) is 34.2 Å². The van der Waals surface area contributed by atoms with Crippen LogP contribution in [0.1, 0.15) is 22.7 Å². The van der Waals surface area contributed by atoms with E-state index in [1.54, 1.807) is 23.2 Å². The van der Waals surface area contributed by atoms with Crippen molar-refractivity contribution in [2.24, 2.45) is 11.8 Å². The molecule has 0 aromatic heterocycles. The lowest BCUT2D eigenvalue weighted by Crippen LogP contribution is -2.46. The van der Waals surface area contributed by atoms with Gasteiger partial charge in [0.2, 0.25) is 17.7 Å². The average molecular weight is 572 g/mol. The minimum atomic E-state index is -4.60. The maximum Gasteiger partial charge on any atom is 0.416 e. The summed E-state index contributed by atoms with van der Waals surface area (Å²) < 4.78 is 39.8. The summed E-state index contributed by atoms with van der Waals surface area (Å²) in [7, 11) is 0. The SMILES string of the molecule is O=C(Nc1cccc(C(F)(F)F)c1)[C@@H]1[C@@H]2C(=O)N(c3cc(Cl)ccc3Cl)C(=O)[C@H]2[C@H]2c3ccccc3C=CN12. The summed E-state index contributed by atoms with van der Waals surface area (Å²) in [4.78, 5) is 44.1. The molecule has 2 saturated heterocycles. The van der Waals surface area contributed by atoms with Gasteiger partial charge >= 0.3 is 6.18 Å². The zero-order valence-corrected chi connectivity index (χ0v) is 21.3. The number of imide groups is 1. The van der Waals surface area contributed by atoms with Gasteiger partial charge in [-0.15, -0.1) is 0 Å². The van der Waals surface area contributed by atoms with Crippen molar-refractivity contribution in [3.05, 3.63) is 99.7 Å². The Morgan fingerprint density at radius 3 is 2.41 bits per heavy atom. The molecular formula is C28H18Cl2F3N3O3. The van der Waals surface area contributed by atoms with E-state index in [0.29, 0.717) is 0 Å². The highest BCUT2D eigenvalue weighted by molar-refractivity contribution is 6.38. The van der Waals surface area contributed by atoms with Crippen LogP contribution in [0.25, 0.3) is 6.08 Å². The number of anilines is 2. The third-order valence-corrected chi connectivity index (χ3v) is 7.89. The van der Waals surface area contributed by atoms with E-state index in [9.17, 15) is 27.6 Å². The van der Waals surface area contributed by atoms with Crippen molar-refractivity contribution in [1.29, 1.82) is 0 Å². The second-order valence-corrected chi connectivity index (χ2v) is 10.4. The Hall–Kier alpha value is -3.82. The van der Waals surface area contributed by atoms with E-state index in [0.717, 1.165) is 28.2 Å². The Labute approximate surface area is 230 Å². The molecule has 6 rings (SSSR count). The molecule has 0 radical (unpaired) electrons. The van der Waals surface area contributed by atoms with Crippen LogP contribution in [0.4, 0.5) is 24.5 Å². The number of nitrogens with zero attached hydrogens (tertiary/aromatic N) is 2. The van der Waals surface area contributed by atoms with Gasteiger partial charge in [-0.25, -0.2) is 4.90 Å². The lowest BCUT2D eigenvalue weighted by atomic mass is 9.84. The number of benzene rings is 3. The van der Waals surface area contributed by atoms with Crippen LogP contribution in [-0.4, -0.2) is 28.7 Å². The summed E-state index contributed by atoms with van der Waals surface area (Å²) in [6.07, 6.45) is -1.18. The Kier molecular flexibility index (Phi) is 5.96. The fourth-order valence-electron chi connectivity index (χ4n) is 5.74. The number of fused-ring (bicyclic) bond motifs is 5. The fraction of sp³-hybridized carbons (Fsp3) is 0.179. The molecular weight excluding hydrogens is 554 g/mol. The van der Waals surface area contributed by atoms with E-state index in [2.05, 4.69) is 5.32 Å². The van der Waals surface area contributed by atoms with Gasteiger partial charge in [0, 0.05) is 16.9 Å². The molecule has 6 nitrogen and oxygen atoms in total. The van der Waals surface area contributed by atoms with Gasteiger partial charge in [0.15, 0.2) is 0 Å². The first-order valence-electron chi connectivity index (χ1n) is 11.9. The van der Waals surface area contributed by atoms with Crippen LogP contribution in [0.15, 0.2) is 72.9 Å². The summed E-state index contributed by atoms with van der Waals surface area (Å²) in [5, 5.41) is 2.93. The molecule has 3 aromatic rings. The molecule has 3 aromatic carbocycles. The first-order chi connectivity index (χ1) is 18.6. The minimum Gasteiger partial charge on any atom is -0.357 e. The van der Waals surface area contributed by atoms with Crippen molar-refractivity contribution in [2.45, 2.75) is 18.3 Å². The van der Waals surface area contributed by atoms with Gasteiger partial charge in [0.1, 0.15) is 6.04 Å². The van der Waals surface area contributed by atoms with Crippen LogP contribution >= 0.6 is 23.2 Å². The molecule has 11 heteroatoms. The summed E-state index contributed by atoms with van der Waals surface area (Å²) in [5.41, 5.74) is 0.683. The van der Waals surface area contributed by atoms with Crippen molar-refractivity contribution in [3.63, 3.8) is 0 Å². The largest absolute Gasteiger partial charge is 0.416 e. The normalized spacial score (nSPS) is 23.5. The smallest absolute Gasteiger partial charge is 0.357 e. The Morgan fingerprint density at radius 2 is 1.64 bits per heavy atom. The van der Waals surface area contributed by atoms with Gasteiger partial charge in [-0.3, -0.25) is 14.4 Å². The summed E-state index contributed by atoms with van der Waals surface area (Å²) in [6, 6.07) is 14.1. The molecule has 198 valence electrons. The van der Waals surface area contributed by atoms with Crippen molar-refractivity contribution in [1.82, 2.24) is 4.90 Å². The Balaban J connectivity index is 1.43. The standard InChI is InChI=1S/C28H18Cl2F3N3O3/c29-16-8-9-19(30)20(13-16)36-26(38)21-22(27(36)39)24(35-11-10-14-4-1-2-7-18(14)23(21)35)25(37)34-17-6-3-5-15(12-17)28(31,32)33/h1-13,21-24H,(H,34,37)/t21-,22-,23-,24+/m1/s1. The number of hydrogen-bond acceptors (Lipinski definition) is 4. The van der Waals surface area contributed by atoms with Gasteiger partial charge in [0.25, 0.3) is 0 Å². The van der Waals surface area contributed by atoms with Crippen LogP contribution in [0.5, 0.6) is 0 Å². The Bertz CT molecular complexity index is 1570. The molecule has 0 unspecified atom stereocenters. The van der Waals surface area contributed by atoms with Crippen molar-refractivity contribution in [3.8, 4) is 0 Å². The number of nitrogens with one attached hydrogen (secondary N) is 1. The van der Waals surface area contributed by atoms with Crippen LogP contribution in [-0.2, 0) is 20.6 Å². The van der Waals surface area contributed by atoms with E-state index in [1.165, 1.54) is 30.3 Å². The van der Waals surface area contributed by atoms with Crippen LogP contribution in [0, 0.1) is 11.8 Å². The molecule has 3 aliphatic rings. The van der Waals surface area contributed by atoms with E-state index in [4.69, 9.17) is 23.2 Å². The fourth-order valence-corrected chi connectivity index (χ4v) is 6.11. The van der Waals surface area contributed by atoms with E-state index in [1.807, 2.05) is 18.2 Å². The van der Waals surface area contributed by atoms with Crippen LogP contribution in [0.3, 0.4) is 0 Å². The molecule has 0 bridgehead atoms. The minimum absolute atomic E-state index is 0.0808. The third-order valence-electron chi connectivity index (χ3n) is 7.34. The molecule has 4 atom stereocenters. The number of amides is 3. The Morgan fingerprint density at radius 1 is 0.897 bits per heavy atom. The van der Waals surface area contributed by atoms with Gasteiger partial charge in [-0.2, -0.15) is 13.2 Å². The van der Waals surface area contributed by atoms with E-state index in [-0.39, 0.29) is 21.4 Å². The quantitative estimate of drug-likeness (QED) is 0.382. The molecule has 1 N–H and O–H groups in total. The second-order valence-electron chi connectivity index (χ2n) is 9.51. The predicted octanol–water partition coefficient (Wildman–Crippen LogP) is 6.17. The first-order valence-corrected chi connectivity index (χ1v) is 12.7. The van der Waals surface area contributed by atoms with Crippen molar-refractivity contribution < 1.29 is 27.6 Å². The molecule has 39 heavy (non-hydrogen) atoms. The lowest BCUT2D eigenvalue weighted by Gasteiger charge is -2.35. The van der Waals surface area contributed by atoms with Crippen LogP contribution in [0.2, 0.25) is 10.0 Å². The van der Waals surface area contributed by atoms with Gasteiger partial charge < -0.3 is 10.2 Å². The van der Waals surface area contributed by atoms with Crippen molar-refractivity contribution >= 4 is 58.4 Å². The molecule has 3 amide bonds. The van der Waals surface area contributed by atoms with Gasteiger partial charge in [-0.1, -0.05) is 53.5 Å². The second kappa shape index (κ2) is 9.14. The van der Waals surface area contributed by atoms with Gasteiger partial charge in [-0.05, 0) is 53.6 Å². The monoisotopic (exact) mass is 571 g/mol. The molecule has 2 fully saturated rings. The maximum absolute atomic E-state index is 13.9. The van der Waals surface area contributed by atoms with Crippen LogP contribution < -0.4 is 10.2 Å². The highest BCUT2D eigenvalue weighted by Gasteiger charge is 2.64. The summed E-state index contributed by atoms with van der Waals surface area (Å²) in [5.74, 6) is -3.96. The third kappa shape index (κ3) is 4.08. The summed E-state index contributed by atoms with van der Waals surface area (Å²) >= 11 is 12.5. The number of carbonyl (C=O) groups is 3.